The molecule has 0 spiro atoms. The molecule has 0 bridgehead atoms. The molecule has 0 unspecified atom stereocenters. The number of thiophene rings is 1. The van der Waals surface area contributed by atoms with E-state index in [-0.39, 0.29) is 17.0 Å². The standard InChI is InChI=1S/C17H20N4OS/c1-17(2,3)15(14-9-6-10-23-14)18-11-21-16(22)12-7-4-5-8-13(12)19-20-21/h4-10,15,18H,11H2,1-3H3/t15-/m1/s1. The largest absolute Gasteiger partial charge is 0.290 e. The Kier molecular flexibility index (Phi) is 4.28. The molecular weight excluding hydrogens is 308 g/mol. The van der Waals surface area contributed by atoms with E-state index < -0.39 is 0 Å². The van der Waals surface area contributed by atoms with Gasteiger partial charge in [-0.1, -0.05) is 44.2 Å². The van der Waals surface area contributed by atoms with Gasteiger partial charge in [0.15, 0.2) is 0 Å². The molecule has 1 atom stereocenters. The normalized spacial score (nSPS) is 13.3. The van der Waals surface area contributed by atoms with Gasteiger partial charge in [-0.2, -0.15) is 4.68 Å². The van der Waals surface area contributed by atoms with Crippen LogP contribution in [0.15, 0.2) is 46.6 Å². The number of nitrogens with one attached hydrogen (secondary N) is 1. The average molecular weight is 328 g/mol. The molecule has 5 nitrogen and oxygen atoms in total. The Labute approximate surface area is 139 Å². The smallest absolute Gasteiger partial charge is 0.278 e. The Morgan fingerprint density at radius 1 is 1.22 bits per heavy atom. The Balaban J connectivity index is 1.87. The first-order chi connectivity index (χ1) is 11.0. The fraction of sp³-hybridized carbons (Fsp3) is 0.353. The van der Waals surface area contributed by atoms with Gasteiger partial charge in [0.05, 0.1) is 12.1 Å². The maximum Gasteiger partial charge on any atom is 0.278 e. The number of benzene rings is 1. The monoisotopic (exact) mass is 328 g/mol. The first kappa shape index (κ1) is 15.8. The highest BCUT2D eigenvalue weighted by molar-refractivity contribution is 7.10. The van der Waals surface area contributed by atoms with Crippen LogP contribution in [0.3, 0.4) is 0 Å². The van der Waals surface area contributed by atoms with Crippen molar-refractivity contribution in [3.05, 3.63) is 57.0 Å². The minimum Gasteiger partial charge on any atom is -0.290 e. The molecule has 0 fully saturated rings. The van der Waals surface area contributed by atoms with Crippen LogP contribution in [0.2, 0.25) is 0 Å². The zero-order valence-electron chi connectivity index (χ0n) is 13.5. The lowest BCUT2D eigenvalue weighted by Crippen LogP contribution is -2.37. The van der Waals surface area contributed by atoms with Gasteiger partial charge in [-0.3, -0.25) is 10.1 Å². The third-order valence-electron chi connectivity index (χ3n) is 3.77. The minimum absolute atomic E-state index is 0.0265. The van der Waals surface area contributed by atoms with E-state index in [9.17, 15) is 4.79 Å². The second-order valence-corrected chi connectivity index (χ2v) is 7.57. The molecule has 0 saturated carbocycles. The van der Waals surface area contributed by atoms with E-state index in [0.717, 1.165) is 0 Å². The van der Waals surface area contributed by atoms with Crippen LogP contribution in [-0.2, 0) is 6.67 Å². The van der Waals surface area contributed by atoms with Crippen molar-refractivity contribution in [1.29, 1.82) is 0 Å². The predicted molar refractivity (Wildman–Crippen MR) is 93.4 cm³/mol. The van der Waals surface area contributed by atoms with E-state index >= 15 is 0 Å². The van der Waals surface area contributed by atoms with Crippen molar-refractivity contribution in [2.45, 2.75) is 33.5 Å². The fourth-order valence-electron chi connectivity index (χ4n) is 2.59. The summed E-state index contributed by atoms with van der Waals surface area (Å²) in [5, 5.41) is 14.3. The number of nitrogens with zero attached hydrogens (tertiary/aromatic N) is 3. The van der Waals surface area contributed by atoms with Crippen LogP contribution in [0.25, 0.3) is 10.9 Å². The number of rotatable bonds is 4. The highest BCUT2D eigenvalue weighted by Gasteiger charge is 2.26. The van der Waals surface area contributed by atoms with Crippen molar-refractivity contribution in [2.24, 2.45) is 5.41 Å². The maximum atomic E-state index is 12.5. The van der Waals surface area contributed by atoms with Gasteiger partial charge in [0.25, 0.3) is 5.56 Å². The molecule has 23 heavy (non-hydrogen) atoms. The fourth-order valence-corrected chi connectivity index (χ4v) is 3.64. The van der Waals surface area contributed by atoms with E-state index in [2.05, 4.69) is 47.8 Å². The van der Waals surface area contributed by atoms with Crippen LogP contribution in [0.1, 0.15) is 31.7 Å². The van der Waals surface area contributed by atoms with Crippen molar-refractivity contribution in [3.8, 4) is 0 Å². The summed E-state index contributed by atoms with van der Waals surface area (Å²) in [6.45, 7) is 6.87. The first-order valence-electron chi connectivity index (χ1n) is 7.56. The maximum absolute atomic E-state index is 12.5. The lowest BCUT2D eigenvalue weighted by atomic mass is 9.86. The number of fused-ring (bicyclic) bond motifs is 1. The van der Waals surface area contributed by atoms with Crippen LogP contribution in [-0.4, -0.2) is 15.0 Å². The van der Waals surface area contributed by atoms with Crippen LogP contribution >= 0.6 is 11.3 Å². The Morgan fingerprint density at radius 3 is 2.70 bits per heavy atom. The van der Waals surface area contributed by atoms with E-state index in [0.29, 0.717) is 17.6 Å². The summed E-state index contributed by atoms with van der Waals surface area (Å²) in [5.41, 5.74) is 0.528. The molecule has 0 aliphatic rings. The number of aromatic nitrogens is 3. The molecule has 120 valence electrons. The van der Waals surface area contributed by atoms with Crippen molar-refractivity contribution >= 4 is 22.2 Å². The molecule has 0 saturated heterocycles. The summed E-state index contributed by atoms with van der Waals surface area (Å²) in [6, 6.07) is 11.6. The molecule has 0 aliphatic carbocycles. The summed E-state index contributed by atoms with van der Waals surface area (Å²) in [6.07, 6.45) is 0. The first-order valence-corrected chi connectivity index (χ1v) is 8.44. The molecule has 2 aromatic heterocycles. The van der Waals surface area contributed by atoms with E-state index in [4.69, 9.17) is 0 Å². The summed E-state index contributed by atoms with van der Waals surface area (Å²) in [4.78, 5) is 13.7. The number of hydrogen-bond acceptors (Lipinski definition) is 5. The van der Waals surface area contributed by atoms with Crippen LogP contribution < -0.4 is 10.9 Å². The lowest BCUT2D eigenvalue weighted by Gasteiger charge is -2.31. The second-order valence-electron chi connectivity index (χ2n) is 6.59. The SMILES string of the molecule is CC(C)(C)[C@H](NCn1nnc2ccccc2c1=O)c1cccs1. The lowest BCUT2D eigenvalue weighted by molar-refractivity contribution is 0.252. The van der Waals surface area contributed by atoms with E-state index in [1.165, 1.54) is 9.56 Å². The highest BCUT2D eigenvalue weighted by Crippen LogP contribution is 2.34. The van der Waals surface area contributed by atoms with Crippen molar-refractivity contribution in [2.75, 3.05) is 0 Å². The zero-order valence-corrected chi connectivity index (χ0v) is 14.3. The molecule has 1 N–H and O–H groups in total. The molecule has 0 amide bonds. The van der Waals surface area contributed by atoms with Crippen LogP contribution in [0.5, 0.6) is 0 Å². The Bertz CT molecular complexity index is 849. The van der Waals surface area contributed by atoms with Gasteiger partial charge < -0.3 is 0 Å². The van der Waals surface area contributed by atoms with Crippen molar-refractivity contribution in [3.63, 3.8) is 0 Å². The van der Waals surface area contributed by atoms with Gasteiger partial charge in [-0.25, -0.2) is 0 Å². The molecule has 2 heterocycles. The molecular formula is C17H20N4OS. The van der Waals surface area contributed by atoms with Crippen LogP contribution in [0, 0.1) is 5.41 Å². The zero-order chi connectivity index (χ0) is 16.4. The minimum atomic E-state index is -0.123. The summed E-state index contributed by atoms with van der Waals surface area (Å²) in [5.74, 6) is 0. The van der Waals surface area contributed by atoms with Gasteiger partial charge in [0.2, 0.25) is 0 Å². The van der Waals surface area contributed by atoms with E-state index in [1.807, 2.05) is 18.2 Å². The van der Waals surface area contributed by atoms with Gasteiger partial charge >= 0.3 is 0 Å². The summed E-state index contributed by atoms with van der Waals surface area (Å²) < 4.78 is 1.38. The third-order valence-corrected chi connectivity index (χ3v) is 4.71. The molecule has 3 aromatic rings. The van der Waals surface area contributed by atoms with Crippen LogP contribution in [0.4, 0.5) is 0 Å². The van der Waals surface area contributed by atoms with Gasteiger partial charge in [0.1, 0.15) is 5.52 Å². The highest BCUT2D eigenvalue weighted by atomic mass is 32.1. The Morgan fingerprint density at radius 2 is 2.00 bits per heavy atom. The van der Waals surface area contributed by atoms with E-state index in [1.54, 1.807) is 23.5 Å². The van der Waals surface area contributed by atoms with Crippen molar-refractivity contribution in [1.82, 2.24) is 20.3 Å². The quantitative estimate of drug-likeness (QED) is 0.799. The van der Waals surface area contributed by atoms with Gasteiger partial charge in [-0.05, 0) is 29.0 Å². The van der Waals surface area contributed by atoms with Crippen molar-refractivity contribution < 1.29 is 0 Å². The predicted octanol–water partition coefficient (Wildman–Crippen LogP) is 3.19. The average Bonchev–Trinajstić information content (AvgIpc) is 3.02. The Hall–Kier alpha value is -2.05. The third kappa shape index (κ3) is 3.33. The topological polar surface area (TPSA) is 59.8 Å². The summed E-state index contributed by atoms with van der Waals surface area (Å²) in [7, 11) is 0. The molecule has 3 rings (SSSR count). The number of hydrogen-bond donors (Lipinski definition) is 1. The van der Waals surface area contributed by atoms with Gasteiger partial charge in [-0.15, -0.1) is 16.4 Å². The second kappa shape index (κ2) is 6.22. The molecule has 1 aromatic carbocycles. The van der Waals surface area contributed by atoms with Gasteiger partial charge in [0, 0.05) is 10.9 Å². The molecule has 0 aliphatic heterocycles. The summed E-state index contributed by atoms with van der Waals surface area (Å²) >= 11 is 1.71. The molecule has 6 heteroatoms. The molecule has 0 radical (unpaired) electrons.